The summed E-state index contributed by atoms with van der Waals surface area (Å²) in [5.74, 6) is 0.904. The van der Waals surface area contributed by atoms with Crippen LogP contribution in [0.3, 0.4) is 0 Å². The number of nitrogens with one attached hydrogen (secondary N) is 1. The van der Waals surface area contributed by atoms with Crippen LogP contribution in [-0.2, 0) is 17.9 Å². The summed E-state index contributed by atoms with van der Waals surface area (Å²) >= 11 is 0. The van der Waals surface area contributed by atoms with E-state index >= 15 is 0 Å². The van der Waals surface area contributed by atoms with Crippen LogP contribution in [0.2, 0.25) is 0 Å². The fourth-order valence-electron chi connectivity index (χ4n) is 1.83. The van der Waals surface area contributed by atoms with Crippen LogP contribution in [0.25, 0.3) is 0 Å². The van der Waals surface area contributed by atoms with Crippen molar-refractivity contribution in [2.24, 2.45) is 0 Å². The van der Waals surface area contributed by atoms with E-state index in [0.29, 0.717) is 13.2 Å². The number of pyridine rings is 1. The monoisotopic (exact) mass is 272 g/mol. The Labute approximate surface area is 119 Å². The molecule has 0 aliphatic rings. The molecule has 20 heavy (non-hydrogen) atoms. The maximum Gasteiger partial charge on any atom is 0.124 e. The molecule has 2 aromatic rings. The van der Waals surface area contributed by atoms with Crippen molar-refractivity contribution < 1.29 is 9.47 Å². The van der Waals surface area contributed by atoms with Crippen LogP contribution in [0.4, 0.5) is 0 Å². The Balaban J connectivity index is 1.90. The molecule has 0 aliphatic carbocycles. The van der Waals surface area contributed by atoms with Gasteiger partial charge in [0, 0.05) is 43.7 Å². The SMILES string of the molecule is COCCNCc1ccccc1OCc1cccnc1. The van der Waals surface area contributed by atoms with Crippen molar-refractivity contribution in [3.05, 3.63) is 59.9 Å². The normalized spacial score (nSPS) is 10.4. The molecule has 0 atom stereocenters. The van der Waals surface area contributed by atoms with Gasteiger partial charge < -0.3 is 14.8 Å². The van der Waals surface area contributed by atoms with Crippen molar-refractivity contribution >= 4 is 0 Å². The number of rotatable bonds is 8. The van der Waals surface area contributed by atoms with Crippen molar-refractivity contribution in [3.8, 4) is 5.75 Å². The van der Waals surface area contributed by atoms with Gasteiger partial charge in [-0.15, -0.1) is 0 Å². The molecule has 0 radical (unpaired) electrons. The minimum Gasteiger partial charge on any atom is -0.489 e. The Bertz CT molecular complexity index is 503. The Hall–Kier alpha value is -1.91. The van der Waals surface area contributed by atoms with Crippen LogP contribution < -0.4 is 10.1 Å². The summed E-state index contributed by atoms with van der Waals surface area (Å²) in [4.78, 5) is 4.08. The molecule has 1 aromatic heterocycles. The molecule has 106 valence electrons. The molecule has 0 amide bonds. The minimum absolute atomic E-state index is 0.531. The molecule has 4 heteroatoms. The van der Waals surface area contributed by atoms with Crippen molar-refractivity contribution in [1.29, 1.82) is 0 Å². The predicted octanol–water partition coefficient (Wildman–Crippen LogP) is 2.40. The van der Waals surface area contributed by atoms with Crippen molar-refractivity contribution in [2.45, 2.75) is 13.2 Å². The summed E-state index contributed by atoms with van der Waals surface area (Å²) in [5.41, 5.74) is 2.21. The van der Waals surface area contributed by atoms with E-state index in [2.05, 4.69) is 16.4 Å². The molecule has 1 N–H and O–H groups in total. The van der Waals surface area contributed by atoms with Gasteiger partial charge in [0.2, 0.25) is 0 Å². The predicted molar refractivity (Wildman–Crippen MR) is 78.6 cm³/mol. The number of nitrogens with zero attached hydrogens (tertiary/aromatic N) is 1. The number of aromatic nitrogens is 1. The van der Waals surface area contributed by atoms with Crippen LogP contribution in [0.1, 0.15) is 11.1 Å². The number of methoxy groups -OCH3 is 1. The van der Waals surface area contributed by atoms with Crippen LogP contribution in [0.5, 0.6) is 5.75 Å². The van der Waals surface area contributed by atoms with Crippen LogP contribution in [0, 0.1) is 0 Å². The van der Waals surface area contributed by atoms with Crippen molar-refractivity contribution in [2.75, 3.05) is 20.3 Å². The number of hydrogen-bond acceptors (Lipinski definition) is 4. The van der Waals surface area contributed by atoms with Crippen molar-refractivity contribution in [3.63, 3.8) is 0 Å². The highest BCUT2D eigenvalue weighted by molar-refractivity contribution is 5.33. The zero-order valence-electron chi connectivity index (χ0n) is 11.7. The first-order valence-corrected chi connectivity index (χ1v) is 6.69. The smallest absolute Gasteiger partial charge is 0.124 e. The molecular formula is C16H20N2O2. The maximum absolute atomic E-state index is 5.87. The van der Waals surface area contributed by atoms with Gasteiger partial charge in [0.1, 0.15) is 12.4 Å². The number of hydrogen-bond donors (Lipinski definition) is 1. The van der Waals surface area contributed by atoms with Gasteiger partial charge in [0.05, 0.1) is 6.61 Å². The molecule has 0 unspecified atom stereocenters. The van der Waals surface area contributed by atoms with Gasteiger partial charge in [-0.2, -0.15) is 0 Å². The lowest BCUT2D eigenvalue weighted by molar-refractivity contribution is 0.199. The van der Waals surface area contributed by atoms with Gasteiger partial charge in [-0.25, -0.2) is 0 Å². The molecule has 0 saturated heterocycles. The Kier molecular flexibility index (Phi) is 6.02. The van der Waals surface area contributed by atoms with Crippen LogP contribution in [-0.4, -0.2) is 25.2 Å². The largest absolute Gasteiger partial charge is 0.489 e. The highest BCUT2D eigenvalue weighted by Crippen LogP contribution is 2.19. The topological polar surface area (TPSA) is 43.4 Å². The molecule has 2 rings (SSSR count). The van der Waals surface area contributed by atoms with E-state index in [0.717, 1.165) is 30.0 Å². The van der Waals surface area contributed by atoms with Gasteiger partial charge in [0.25, 0.3) is 0 Å². The van der Waals surface area contributed by atoms with E-state index in [-0.39, 0.29) is 0 Å². The van der Waals surface area contributed by atoms with E-state index in [4.69, 9.17) is 9.47 Å². The second-order valence-electron chi connectivity index (χ2n) is 4.43. The standard InChI is InChI=1S/C16H20N2O2/c1-19-10-9-18-12-15-6-2-3-7-16(15)20-13-14-5-4-8-17-11-14/h2-8,11,18H,9-10,12-13H2,1H3. The molecule has 0 saturated carbocycles. The lowest BCUT2D eigenvalue weighted by atomic mass is 10.2. The van der Waals surface area contributed by atoms with Gasteiger partial charge in [-0.3, -0.25) is 4.98 Å². The summed E-state index contributed by atoms with van der Waals surface area (Å²) in [5, 5.41) is 3.32. The van der Waals surface area contributed by atoms with Gasteiger partial charge in [0.15, 0.2) is 0 Å². The Morgan fingerprint density at radius 1 is 1.15 bits per heavy atom. The van der Waals surface area contributed by atoms with Crippen LogP contribution >= 0.6 is 0 Å². The van der Waals surface area contributed by atoms with E-state index in [1.165, 1.54) is 0 Å². The highest BCUT2D eigenvalue weighted by atomic mass is 16.5. The first-order valence-electron chi connectivity index (χ1n) is 6.69. The fourth-order valence-corrected chi connectivity index (χ4v) is 1.83. The quantitative estimate of drug-likeness (QED) is 0.749. The lowest BCUT2D eigenvalue weighted by Gasteiger charge is -2.12. The number of para-hydroxylation sites is 1. The summed E-state index contributed by atoms with van der Waals surface area (Å²) in [7, 11) is 1.70. The molecule has 4 nitrogen and oxygen atoms in total. The molecule has 0 bridgehead atoms. The first kappa shape index (κ1) is 14.5. The maximum atomic E-state index is 5.87. The van der Waals surface area contributed by atoms with Crippen LogP contribution in [0.15, 0.2) is 48.8 Å². The summed E-state index contributed by atoms with van der Waals surface area (Å²) in [6.07, 6.45) is 3.58. The zero-order chi connectivity index (χ0) is 14.0. The summed E-state index contributed by atoms with van der Waals surface area (Å²) in [6.45, 7) is 2.83. The molecule has 0 aliphatic heterocycles. The second kappa shape index (κ2) is 8.30. The fraction of sp³-hybridized carbons (Fsp3) is 0.312. The summed E-state index contributed by atoms with van der Waals surface area (Å²) < 4.78 is 10.9. The molecule has 0 spiro atoms. The van der Waals surface area contributed by atoms with E-state index < -0.39 is 0 Å². The van der Waals surface area contributed by atoms with Crippen molar-refractivity contribution in [1.82, 2.24) is 10.3 Å². The van der Waals surface area contributed by atoms with E-state index in [1.54, 1.807) is 13.3 Å². The minimum atomic E-state index is 0.531. The third-order valence-corrected chi connectivity index (χ3v) is 2.89. The number of ether oxygens (including phenoxy) is 2. The second-order valence-corrected chi connectivity index (χ2v) is 4.43. The van der Waals surface area contributed by atoms with E-state index in [1.807, 2.05) is 36.5 Å². The van der Waals surface area contributed by atoms with Gasteiger partial charge in [-0.05, 0) is 12.1 Å². The molecule has 1 aromatic carbocycles. The summed E-state index contributed by atoms with van der Waals surface area (Å²) in [6, 6.07) is 12.0. The molecule has 1 heterocycles. The average molecular weight is 272 g/mol. The van der Waals surface area contributed by atoms with Gasteiger partial charge in [-0.1, -0.05) is 24.3 Å². The zero-order valence-corrected chi connectivity index (χ0v) is 11.7. The van der Waals surface area contributed by atoms with Gasteiger partial charge >= 0.3 is 0 Å². The molecule has 0 fully saturated rings. The molecular weight excluding hydrogens is 252 g/mol. The van der Waals surface area contributed by atoms with E-state index in [9.17, 15) is 0 Å². The number of benzene rings is 1. The Morgan fingerprint density at radius 3 is 2.85 bits per heavy atom. The third kappa shape index (κ3) is 4.64. The third-order valence-electron chi connectivity index (χ3n) is 2.89. The first-order chi connectivity index (χ1) is 9.90. The lowest BCUT2D eigenvalue weighted by Crippen LogP contribution is -2.19. The highest BCUT2D eigenvalue weighted by Gasteiger charge is 2.03. The average Bonchev–Trinajstić information content (AvgIpc) is 2.51. The Morgan fingerprint density at radius 2 is 2.05 bits per heavy atom.